The van der Waals surface area contributed by atoms with Crippen LogP contribution in [0, 0.1) is 22.7 Å². The quantitative estimate of drug-likeness (QED) is 0.510. The summed E-state index contributed by atoms with van der Waals surface area (Å²) < 4.78 is 10.2. The van der Waals surface area contributed by atoms with E-state index in [4.69, 9.17) is 9.47 Å². The van der Waals surface area contributed by atoms with Gasteiger partial charge in [0, 0.05) is 30.3 Å². The Hall–Kier alpha value is -2.69. The second-order valence-corrected chi connectivity index (χ2v) is 9.12. The molecule has 5 heteroatoms. The molecule has 4 aliphatic rings. The smallest absolute Gasteiger partial charge is 0.308 e. The Balaban J connectivity index is 1.60. The monoisotopic (exact) mass is 408 g/mol. The van der Waals surface area contributed by atoms with Gasteiger partial charge in [0.15, 0.2) is 12.4 Å². The zero-order valence-corrected chi connectivity index (χ0v) is 18.0. The summed E-state index contributed by atoms with van der Waals surface area (Å²) in [5.41, 5.74) is 2.89. The van der Waals surface area contributed by atoms with E-state index in [1.54, 1.807) is 0 Å². The first-order chi connectivity index (χ1) is 14.1. The third kappa shape index (κ3) is 3.21. The van der Waals surface area contributed by atoms with Crippen LogP contribution >= 0.6 is 0 Å². The van der Waals surface area contributed by atoms with Crippen LogP contribution in [0.3, 0.4) is 0 Å². The molecular formula is C25H28O5. The summed E-state index contributed by atoms with van der Waals surface area (Å²) >= 11 is 0. The van der Waals surface area contributed by atoms with E-state index < -0.39 is 5.97 Å². The van der Waals surface area contributed by atoms with E-state index in [2.05, 4.69) is 38.2 Å². The summed E-state index contributed by atoms with van der Waals surface area (Å²) in [6.45, 7) is 6.94. The fraction of sp³-hybridized carbons (Fsp3) is 0.480. The van der Waals surface area contributed by atoms with Crippen molar-refractivity contribution < 1.29 is 23.9 Å². The lowest BCUT2D eigenvalue weighted by atomic mass is 9.53. The minimum atomic E-state index is -0.433. The number of esters is 2. The number of carbonyl (C=O) groups is 3. The zero-order chi connectivity index (χ0) is 21.7. The molecule has 5 nitrogen and oxygen atoms in total. The summed E-state index contributed by atoms with van der Waals surface area (Å²) in [5, 5.41) is 0. The summed E-state index contributed by atoms with van der Waals surface area (Å²) in [7, 11) is 0. The van der Waals surface area contributed by atoms with Crippen molar-refractivity contribution in [1.82, 2.24) is 0 Å². The Morgan fingerprint density at radius 2 is 1.83 bits per heavy atom. The summed E-state index contributed by atoms with van der Waals surface area (Å²) in [5.74, 6) is 0.428. The highest BCUT2D eigenvalue weighted by Crippen LogP contribution is 2.61. The van der Waals surface area contributed by atoms with Gasteiger partial charge in [-0.05, 0) is 55.7 Å². The van der Waals surface area contributed by atoms with Crippen LogP contribution in [0.1, 0.15) is 47.0 Å². The lowest BCUT2D eigenvalue weighted by Gasteiger charge is -2.50. The van der Waals surface area contributed by atoms with E-state index >= 15 is 0 Å². The summed E-state index contributed by atoms with van der Waals surface area (Å²) in [6, 6.07) is 0. The van der Waals surface area contributed by atoms with Crippen LogP contribution in [-0.4, -0.2) is 24.3 Å². The van der Waals surface area contributed by atoms with Crippen molar-refractivity contribution in [3.05, 3.63) is 58.9 Å². The number of ketones is 1. The number of Topliss-reactive ketones (excluding diaryl/α,β-unsaturated/α-hetero) is 1. The average Bonchev–Trinajstić information content (AvgIpc) is 3.03. The van der Waals surface area contributed by atoms with E-state index in [9.17, 15) is 14.4 Å². The first-order valence-corrected chi connectivity index (χ1v) is 10.5. The second-order valence-electron chi connectivity index (χ2n) is 9.12. The molecule has 30 heavy (non-hydrogen) atoms. The third-order valence-electron chi connectivity index (χ3n) is 7.28. The molecule has 0 heterocycles. The molecule has 0 N–H and O–H groups in total. The van der Waals surface area contributed by atoms with Gasteiger partial charge in [-0.25, -0.2) is 0 Å². The molecular weight excluding hydrogens is 380 g/mol. The van der Waals surface area contributed by atoms with E-state index in [0.717, 1.165) is 30.4 Å². The molecule has 0 saturated carbocycles. The molecule has 0 aromatic rings. The van der Waals surface area contributed by atoms with Gasteiger partial charge in [0.05, 0.1) is 0 Å². The van der Waals surface area contributed by atoms with Gasteiger partial charge >= 0.3 is 11.9 Å². The van der Waals surface area contributed by atoms with Crippen molar-refractivity contribution in [3.63, 3.8) is 0 Å². The molecule has 0 aromatic heterocycles. The molecule has 4 unspecified atom stereocenters. The van der Waals surface area contributed by atoms with Crippen molar-refractivity contribution in [1.29, 1.82) is 0 Å². The van der Waals surface area contributed by atoms with Gasteiger partial charge in [-0.3, -0.25) is 14.4 Å². The molecule has 4 atom stereocenters. The topological polar surface area (TPSA) is 69.7 Å². The fourth-order valence-electron chi connectivity index (χ4n) is 5.78. The van der Waals surface area contributed by atoms with Crippen molar-refractivity contribution in [3.8, 4) is 0 Å². The maximum absolute atomic E-state index is 12.7. The molecule has 158 valence electrons. The zero-order valence-electron chi connectivity index (χ0n) is 18.0. The van der Waals surface area contributed by atoms with Gasteiger partial charge in [0.25, 0.3) is 0 Å². The van der Waals surface area contributed by atoms with Crippen LogP contribution in [0.25, 0.3) is 0 Å². The van der Waals surface area contributed by atoms with Gasteiger partial charge in [-0.1, -0.05) is 36.8 Å². The second kappa shape index (κ2) is 7.22. The van der Waals surface area contributed by atoms with Gasteiger partial charge < -0.3 is 9.47 Å². The van der Waals surface area contributed by atoms with Gasteiger partial charge in [0.2, 0.25) is 0 Å². The average molecular weight is 408 g/mol. The van der Waals surface area contributed by atoms with Crippen LogP contribution in [-0.2, 0) is 23.9 Å². The third-order valence-corrected chi connectivity index (χ3v) is 7.28. The number of carbonyl (C=O) groups excluding carboxylic acids is 3. The Labute approximate surface area is 177 Å². The standard InChI is InChI=1S/C25H28O5/c1-15(26)29-14-23(28)22-8-7-20-19-6-5-17-13-18(30-16(2)27)9-11-24(17,3)21(19)10-12-25(20,22)4/h5,8-11,13,19-20H,6-7,12,14H2,1-4H3. The number of ether oxygens (including phenoxy) is 2. The highest BCUT2D eigenvalue weighted by Gasteiger charge is 2.53. The molecule has 0 aliphatic heterocycles. The highest BCUT2D eigenvalue weighted by atomic mass is 16.5. The Morgan fingerprint density at radius 3 is 2.53 bits per heavy atom. The van der Waals surface area contributed by atoms with E-state index in [1.165, 1.54) is 19.4 Å². The summed E-state index contributed by atoms with van der Waals surface area (Å²) in [6.07, 6.45) is 15.1. The Kier molecular flexibility index (Phi) is 4.95. The number of allylic oxidation sites excluding steroid dienone is 8. The van der Waals surface area contributed by atoms with Gasteiger partial charge in [-0.2, -0.15) is 0 Å². The van der Waals surface area contributed by atoms with E-state index in [1.807, 2.05) is 12.2 Å². The highest BCUT2D eigenvalue weighted by molar-refractivity contribution is 5.99. The molecule has 0 spiro atoms. The fourth-order valence-corrected chi connectivity index (χ4v) is 5.78. The molecule has 4 aliphatic carbocycles. The molecule has 0 fully saturated rings. The number of hydrogen-bond acceptors (Lipinski definition) is 5. The molecule has 4 rings (SSSR count). The van der Waals surface area contributed by atoms with Crippen molar-refractivity contribution in [2.75, 3.05) is 6.61 Å². The van der Waals surface area contributed by atoms with Gasteiger partial charge in [-0.15, -0.1) is 0 Å². The SMILES string of the molecule is CC(=O)OCC(=O)C1=CCC2C3CC=C4C=C(OC(C)=O)C=CC4(C)C3=CCC12C. The maximum atomic E-state index is 12.7. The van der Waals surface area contributed by atoms with Crippen molar-refractivity contribution in [2.24, 2.45) is 22.7 Å². The number of rotatable bonds is 4. The minimum Gasteiger partial charge on any atom is -0.457 e. The molecule has 0 radical (unpaired) electrons. The lowest BCUT2D eigenvalue weighted by Crippen LogP contribution is -2.42. The number of fused-ring (bicyclic) bond motifs is 5. The lowest BCUT2D eigenvalue weighted by molar-refractivity contribution is -0.145. The normalized spacial score (nSPS) is 33.7. The number of hydrogen-bond donors (Lipinski definition) is 0. The molecule has 0 aromatic carbocycles. The van der Waals surface area contributed by atoms with Crippen LogP contribution < -0.4 is 0 Å². The van der Waals surface area contributed by atoms with Crippen LogP contribution in [0.4, 0.5) is 0 Å². The van der Waals surface area contributed by atoms with Gasteiger partial charge in [0.1, 0.15) is 5.76 Å². The van der Waals surface area contributed by atoms with E-state index in [0.29, 0.717) is 17.6 Å². The van der Waals surface area contributed by atoms with Crippen LogP contribution in [0.15, 0.2) is 58.9 Å². The van der Waals surface area contributed by atoms with Crippen molar-refractivity contribution in [2.45, 2.75) is 47.0 Å². The maximum Gasteiger partial charge on any atom is 0.308 e. The Bertz CT molecular complexity index is 975. The molecule has 0 amide bonds. The largest absolute Gasteiger partial charge is 0.457 e. The first-order valence-electron chi connectivity index (χ1n) is 10.5. The summed E-state index contributed by atoms with van der Waals surface area (Å²) in [4.78, 5) is 35.2. The molecule has 0 saturated heterocycles. The van der Waals surface area contributed by atoms with Crippen LogP contribution in [0.5, 0.6) is 0 Å². The van der Waals surface area contributed by atoms with Crippen molar-refractivity contribution >= 4 is 17.7 Å². The first kappa shape index (κ1) is 20.6. The van der Waals surface area contributed by atoms with E-state index in [-0.39, 0.29) is 29.2 Å². The molecule has 0 bridgehead atoms. The predicted molar refractivity (Wildman–Crippen MR) is 112 cm³/mol. The van der Waals surface area contributed by atoms with Crippen LogP contribution in [0.2, 0.25) is 0 Å². The Morgan fingerprint density at radius 1 is 1.07 bits per heavy atom. The predicted octanol–water partition coefficient (Wildman–Crippen LogP) is 4.37. The minimum absolute atomic E-state index is 0.0863.